The lowest BCUT2D eigenvalue weighted by Crippen LogP contribution is -2.47. The number of piperazine rings is 1. The van der Waals surface area contributed by atoms with E-state index in [4.69, 9.17) is 0 Å². The molecule has 20 heavy (non-hydrogen) atoms. The van der Waals surface area contributed by atoms with Crippen LogP contribution in [0.3, 0.4) is 0 Å². The summed E-state index contributed by atoms with van der Waals surface area (Å²) in [6, 6.07) is 1.48. The largest absolute Gasteiger partial charge is 0.304 e. The summed E-state index contributed by atoms with van der Waals surface area (Å²) < 4.78 is 0. The molecule has 0 N–H and O–H groups in total. The van der Waals surface area contributed by atoms with Crippen LogP contribution in [0.1, 0.15) is 47.5 Å². The summed E-state index contributed by atoms with van der Waals surface area (Å²) >= 11 is 0. The van der Waals surface area contributed by atoms with Gasteiger partial charge < -0.3 is 9.80 Å². The Morgan fingerprint density at radius 3 is 1.75 bits per heavy atom. The predicted molar refractivity (Wildman–Crippen MR) is 89.3 cm³/mol. The molecule has 2 fully saturated rings. The maximum atomic E-state index is 2.58. The number of rotatable bonds is 2. The third kappa shape index (κ3) is 6.55. The highest BCUT2D eigenvalue weighted by Gasteiger charge is 2.17. The van der Waals surface area contributed by atoms with E-state index in [1.165, 1.54) is 52.1 Å². The third-order valence-electron chi connectivity index (χ3n) is 4.69. The summed E-state index contributed by atoms with van der Waals surface area (Å²) in [5.41, 5.74) is 0. The van der Waals surface area contributed by atoms with Crippen LogP contribution in [0.5, 0.6) is 0 Å². The van der Waals surface area contributed by atoms with E-state index in [0.717, 1.165) is 18.0 Å². The van der Waals surface area contributed by atoms with Gasteiger partial charge in [0, 0.05) is 44.8 Å². The smallest absolute Gasteiger partial charge is 0.0112 e. The molecule has 2 saturated heterocycles. The van der Waals surface area contributed by atoms with Crippen molar-refractivity contribution in [3.05, 3.63) is 0 Å². The molecule has 2 heterocycles. The van der Waals surface area contributed by atoms with Gasteiger partial charge in [0.25, 0.3) is 0 Å². The van der Waals surface area contributed by atoms with E-state index in [1.807, 2.05) is 0 Å². The standard InChI is InChI=1S/C9H19N.C8H18N2/c1-8(2)10-6-4-5-9(3)7-10;1-8(2)10-6-4-9(3)5-7-10/h8-9H,4-7H2,1-3H3;8H,4-7H2,1-3H3. The van der Waals surface area contributed by atoms with E-state index in [-0.39, 0.29) is 0 Å². The fourth-order valence-corrected chi connectivity index (χ4v) is 3.03. The second kappa shape index (κ2) is 9.01. The molecular formula is C17H37N3. The van der Waals surface area contributed by atoms with Crippen molar-refractivity contribution in [2.45, 2.75) is 59.5 Å². The van der Waals surface area contributed by atoms with E-state index in [1.54, 1.807) is 0 Å². The highest BCUT2D eigenvalue weighted by Crippen LogP contribution is 2.16. The Morgan fingerprint density at radius 2 is 1.35 bits per heavy atom. The van der Waals surface area contributed by atoms with Gasteiger partial charge >= 0.3 is 0 Å². The first-order valence-corrected chi connectivity index (χ1v) is 8.56. The van der Waals surface area contributed by atoms with Crippen LogP contribution in [0.25, 0.3) is 0 Å². The van der Waals surface area contributed by atoms with E-state index in [0.29, 0.717) is 0 Å². The van der Waals surface area contributed by atoms with Crippen LogP contribution in [0.4, 0.5) is 0 Å². The van der Waals surface area contributed by atoms with Crippen molar-refractivity contribution in [2.24, 2.45) is 5.92 Å². The van der Waals surface area contributed by atoms with Gasteiger partial charge in [-0.15, -0.1) is 0 Å². The number of piperidine rings is 1. The van der Waals surface area contributed by atoms with Gasteiger partial charge in [-0.2, -0.15) is 0 Å². The molecule has 2 aliphatic heterocycles. The quantitative estimate of drug-likeness (QED) is 0.771. The Balaban J connectivity index is 0.000000200. The second-order valence-corrected chi connectivity index (χ2v) is 7.27. The summed E-state index contributed by atoms with van der Waals surface area (Å²) in [5.74, 6) is 0.927. The minimum atomic E-state index is 0.730. The number of nitrogens with zero attached hydrogens (tertiary/aromatic N) is 3. The van der Waals surface area contributed by atoms with Crippen molar-refractivity contribution in [3.63, 3.8) is 0 Å². The number of hydrogen-bond acceptors (Lipinski definition) is 3. The first-order valence-electron chi connectivity index (χ1n) is 8.56. The number of likely N-dealkylation sites (N-methyl/N-ethyl adjacent to an activating group) is 1. The van der Waals surface area contributed by atoms with Gasteiger partial charge in [0.1, 0.15) is 0 Å². The van der Waals surface area contributed by atoms with E-state index < -0.39 is 0 Å². The highest BCUT2D eigenvalue weighted by atomic mass is 15.3. The van der Waals surface area contributed by atoms with Crippen molar-refractivity contribution in [2.75, 3.05) is 46.3 Å². The maximum Gasteiger partial charge on any atom is 0.0112 e. The minimum absolute atomic E-state index is 0.730. The third-order valence-corrected chi connectivity index (χ3v) is 4.69. The average molecular weight is 284 g/mol. The molecule has 0 aromatic heterocycles. The van der Waals surface area contributed by atoms with Gasteiger partial charge in [-0.05, 0) is 60.0 Å². The minimum Gasteiger partial charge on any atom is -0.304 e. The zero-order valence-corrected chi connectivity index (χ0v) is 14.7. The SMILES string of the molecule is CC(C)N1CCN(C)CC1.CC1CCCN(C(C)C)C1. The Hall–Kier alpha value is -0.120. The monoisotopic (exact) mass is 283 g/mol. The molecular weight excluding hydrogens is 246 g/mol. The molecule has 0 bridgehead atoms. The molecule has 3 heteroatoms. The molecule has 0 amide bonds. The van der Waals surface area contributed by atoms with Crippen LogP contribution in [0.15, 0.2) is 0 Å². The number of hydrogen-bond donors (Lipinski definition) is 0. The van der Waals surface area contributed by atoms with Crippen LogP contribution in [0, 0.1) is 5.92 Å². The molecule has 3 nitrogen and oxygen atoms in total. The van der Waals surface area contributed by atoms with Crippen molar-refractivity contribution in [1.82, 2.24) is 14.7 Å². The Bertz CT molecular complexity index is 245. The second-order valence-electron chi connectivity index (χ2n) is 7.27. The van der Waals surface area contributed by atoms with Gasteiger partial charge in [0.2, 0.25) is 0 Å². The van der Waals surface area contributed by atoms with Crippen LogP contribution in [-0.4, -0.2) is 73.1 Å². The van der Waals surface area contributed by atoms with Crippen LogP contribution >= 0.6 is 0 Å². The van der Waals surface area contributed by atoms with Gasteiger partial charge in [-0.3, -0.25) is 4.90 Å². The molecule has 0 spiro atoms. The van der Waals surface area contributed by atoms with Crippen LogP contribution in [-0.2, 0) is 0 Å². The van der Waals surface area contributed by atoms with Crippen molar-refractivity contribution in [1.29, 1.82) is 0 Å². The van der Waals surface area contributed by atoms with Crippen LogP contribution < -0.4 is 0 Å². The van der Waals surface area contributed by atoms with Gasteiger partial charge in [-0.1, -0.05) is 6.92 Å². The first-order chi connectivity index (χ1) is 9.40. The lowest BCUT2D eigenvalue weighted by Gasteiger charge is -2.34. The number of likely N-dealkylation sites (tertiary alicyclic amines) is 1. The summed E-state index contributed by atoms with van der Waals surface area (Å²) in [6.07, 6.45) is 2.84. The summed E-state index contributed by atoms with van der Waals surface area (Å²) in [5, 5.41) is 0. The molecule has 1 unspecified atom stereocenters. The molecule has 1 atom stereocenters. The van der Waals surface area contributed by atoms with E-state index in [9.17, 15) is 0 Å². The molecule has 0 radical (unpaired) electrons. The summed E-state index contributed by atoms with van der Waals surface area (Å²) in [7, 11) is 2.19. The maximum absolute atomic E-state index is 2.58. The van der Waals surface area contributed by atoms with Crippen LogP contribution in [0.2, 0.25) is 0 Å². The molecule has 0 aromatic carbocycles. The molecule has 2 rings (SSSR count). The first kappa shape index (κ1) is 17.9. The lowest BCUT2D eigenvalue weighted by molar-refractivity contribution is 0.126. The Morgan fingerprint density at radius 1 is 0.800 bits per heavy atom. The Kier molecular flexibility index (Phi) is 8.08. The van der Waals surface area contributed by atoms with E-state index >= 15 is 0 Å². The van der Waals surface area contributed by atoms with Gasteiger partial charge in [0.15, 0.2) is 0 Å². The Labute approximate surface area is 127 Å². The fraction of sp³-hybridized carbons (Fsp3) is 1.00. The van der Waals surface area contributed by atoms with Gasteiger partial charge in [-0.25, -0.2) is 0 Å². The molecule has 0 aliphatic carbocycles. The molecule has 0 aromatic rings. The molecule has 120 valence electrons. The molecule has 2 aliphatic rings. The normalized spacial score (nSPS) is 26.7. The summed E-state index contributed by atoms with van der Waals surface area (Å²) in [4.78, 5) is 7.49. The molecule has 0 saturated carbocycles. The summed E-state index contributed by atoms with van der Waals surface area (Å²) in [6.45, 7) is 19.1. The van der Waals surface area contributed by atoms with Gasteiger partial charge in [0.05, 0.1) is 0 Å². The topological polar surface area (TPSA) is 9.72 Å². The van der Waals surface area contributed by atoms with Crippen molar-refractivity contribution in [3.8, 4) is 0 Å². The lowest BCUT2D eigenvalue weighted by atomic mass is 9.99. The highest BCUT2D eigenvalue weighted by molar-refractivity contribution is 4.72. The predicted octanol–water partition coefficient (Wildman–Crippen LogP) is 2.77. The van der Waals surface area contributed by atoms with E-state index in [2.05, 4.69) is 56.4 Å². The van der Waals surface area contributed by atoms with Crippen molar-refractivity contribution < 1.29 is 0 Å². The zero-order valence-electron chi connectivity index (χ0n) is 14.7. The average Bonchev–Trinajstić information content (AvgIpc) is 2.40. The van der Waals surface area contributed by atoms with Crippen molar-refractivity contribution >= 4 is 0 Å². The zero-order chi connectivity index (χ0) is 15.1. The fourth-order valence-electron chi connectivity index (χ4n) is 3.03.